The molecule has 4 nitrogen and oxygen atoms in total. The highest BCUT2D eigenvalue weighted by atomic mass is 35.5. The highest BCUT2D eigenvalue weighted by Gasteiger charge is 2.42. The van der Waals surface area contributed by atoms with E-state index in [1.165, 1.54) is 12.1 Å². The molecule has 9 heteroatoms. The van der Waals surface area contributed by atoms with E-state index in [0.29, 0.717) is 25.9 Å². The largest absolute Gasteiger partial charge is 0.508 e. The summed E-state index contributed by atoms with van der Waals surface area (Å²) in [5, 5.41) is 12.3. The number of hydrogen-bond acceptors (Lipinski definition) is 3. The van der Waals surface area contributed by atoms with E-state index in [1.54, 1.807) is 0 Å². The molecule has 1 aromatic rings. The summed E-state index contributed by atoms with van der Waals surface area (Å²) in [6.07, 6.45) is -3.84. The van der Waals surface area contributed by atoms with Crippen LogP contribution in [-0.4, -0.2) is 42.2 Å². The zero-order valence-electron chi connectivity index (χ0n) is 12.8. The van der Waals surface area contributed by atoms with Crippen molar-refractivity contribution in [3.8, 4) is 5.75 Å². The fraction of sp³-hybridized carbons (Fsp3) is 0.533. The quantitative estimate of drug-likeness (QED) is 0.833. The lowest BCUT2D eigenvalue weighted by atomic mass is 9.85. The molecule has 24 heavy (non-hydrogen) atoms. The van der Waals surface area contributed by atoms with Crippen molar-refractivity contribution >= 4 is 29.1 Å². The van der Waals surface area contributed by atoms with Gasteiger partial charge < -0.3 is 15.3 Å². The van der Waals surface area contributed by atoms with Crippen LogP contribution in [0.25, 0.3) is 0 Å². The number of amides is 1. The standard InChI is InChI=1S/C15H17Cl2F3N2O2/c1-22-4-2-8(3-5-22)13(21-14(24)15(18,19)20)9-6-10(16)11(17)7-12(9)23/h6-8,13,23H,2-5H2,1H3,(H,21,24). The lowest BCUT2D eigenvalue weighted by Gasteiger charge is -2.35. The number of carbonyl (C=O) groups is 1. The van der Waals surface area contributed by atoms with E-state index in [0.717, 1.165) is 0 Å². The molecule has 1 amide bonds. The zero-order chi connectivity index (χ0) is 18.1. The van der Waals surface area contributed by atoms with Gasteiger partial charge in [0.05, 0.1) is 16.1 Å². The molecule has 1 unspecified atom stereocenters. The summed E-state index contributed by atoms with van der Waals surface area (Å²) in [5.74, 6) is -2.59. The monoisotopic (exact) mass is 384 g/mol. The SMILES string of the molecule is CN1CCC(C(NC(=O)C(F)(F)F)c2cc(Cl)c(Cl)cc2O)CC1. The number of carbonyl (C=O) groups excluding carboxylic acids is 1. The molecule has 1 atom stereocenters. The Labute approximate surface area is 147 Å². The third-order valence-electron chi connectivity index (χ3n) is 4.18. The zero-order valence-corrected chi connectivity index (χ0v) is 14.3. The lowest BCUT2D eigenvalue weighted by Crippen LogP contribution is -2.44. The van der Waals surface area contributed by atoms with E-state index in [9.17, 15) is 23.1 Å². The molecule has 0 spiro atoms. The van der Waals surface area contributed by atoms with Gasteiger partial charge in [-0.05, 0) is 45.0 Å². The van der Waals surface area contributed by atoms with Crippen LogP contribution in [-0.2, 0) is 4.79 Å². The third-order valence-corrected chi connectivity index (χ3v) is 4.91. The van der Waals surface area contributed by atoms with Crippen molar-refractivity contribution in [2.75, 3.05) is 20.1 Å². The number of phenols is 1. The van der Waals surface area contributed by atoms with Gasteiger partial charge in [-0.1, -0.05) is 23.2 Å². The normalized spacial score (nSPS) is 18.4. The topological polar surface area (TPSA) is 52.6 Å². The third kappa shape index (κ3) is 4.46. The minimum absolute atomic E-state index is 0.0854. The molecule has 1 heterocycles. The number of nitrogens with zero attached hydrogens (tertiary/aromatic N) is 1. The Morgan fingerprint density at radius 1 is 1.29 bits per heavy atom. The number of likely N-dealkylation sites (tertiary alicyclic amines) is 1. The van der Waals surface area contributed by atoms with Gasteiger partial charge in [0.15, 0.2) is 0 Å². The molecule has 1 fully saturated rings. The molecule has 2 rings (SSSR count). The molecule has 0 saturated carbocycles. The predicted octanol–water partition coefficient (Wildman–Crippen LogP) is 3.76. The summed E-state index contributed by atoms with van der Waals surface area (Å²) in [7, 11) is 1.91. The summed E-state index contributed by atoms with van der Waals surface area (Å²) >= 11 is 11.7. The number of alkyl halides is 3. The maximum Gasteiger partial charge on any atom is 0.471 e. The Hall–Kier alpha value is -1.18. The first-order chi connectivity index (χ1) is 11.1. The summed E-state index contributed by atoms with van der Waals surface area (Å²) in [5.41, 5.74) is 0.136. The smallest absolute Gasteiger partial charge is 0.471 e. The Bertz CT molecular complexity index is 617. The first kappa shape index (κ1) is 19.1. The molecule has 1 saturated heterocycles. The number of aromatic hydroxyl groups is 1. The maximum absolute atomic E-state index is 12.7. The number of halogens is 5. The van der Waals surface area contributed by atoms with Gasteiger partial charge in [-0.25, -0.2) is 0 Å². The molecular weight excluding hydrogens is 368 g/mol. The second-order valence-corrected chi connectivity index (χ2v) is 6.73. The first-order valence-corrected chi connectivity index (χ1v) is 8.09. The van der Waals surface area contributed by atoms with Gasteiger partial charge in [0.25, 0.3) is 0 Å². The second-order valence-electron chi connectivity index (χ2n) is 5.91. The Morgan fingerprint density at radius 3 is 2.38 bits per heavy atom. The summed E-state index contributed by atoms with van der Waals surface area (Å²) < 4.78 is 38.0. The lowest BCUT2D eigenvalue weighted by molar-refractivity contribution is -0.175. The molecule has 0 aromatic heterocycles. The van der Waals surface area contributed by atoms with E-state index < -0.39 is 18.1 Å². The van der Waals surface area contributed by atoms with Gasteiger partial charge in [-0.2, -0.15) is 13.2 Å². The summed E-state index contributed by atoms with van der Waals surface area (Å²) in [4.78, 5) is 13.5. The molecule has 2 N–H and O–H groups in total. The molecule has 1 aliphatic rings. The van der Waals surface area contributed by atoms with Crippen molar-refractivity contribution in [2.45, 2.75) is 25.1 Å². The van der Waals surface area contributed by atoms with Crippen LogP contribution >= 0.6 is 23.2 Å². The fourth-order valence-electron chi connectivity index (χ4n) is 2.84. The predicted molar refractivity (Wildman–Crippen MR) is 85.3 cm³/mol. The van der Waals surface area contributed by atoms with E-state index in [4.69, 9.17) is 23.2 Å². The van der Waals surface area contributed by atoms with Crippen molar-refractivity contribution < 1.29 is 23.1 Å². The number of piperidine rings is 1. The van der Waals surface area contributed by atoms with Crippen LogP contribution in [0.3, 0.4) is 0 Å². The number of rotatable bonds is 3. The molecule has 1 aromatic carbocycles. The Morgan fingerprint density at radius 2 is 1.83 bits per heavy atom. The van der Waals surface area contributed by atoms with Crippen molar-refractivity contribution in [1.29, 1.82) is 0 Å². The number of benzene rings is 1. The van der Waals surface area contributed by atoms with Gasteiger partial charge in [0.2, 0.25) is 0 Å². The number of nitrogens with one attached hydrogen (secondary N) is 1. The average Bonchev–Trinajstić information content (AvgIpc) is 2.48. The minimum Gasteiger partial charge on any atom is -0.508 e. The molecule has 0 aliphatic carbocycles. The maximum atomic E-state index is 12.7. The highest BCUT2D eigenvalue weighted by Crippen LogP contribution is 2.39. The Balaban J connectivity index is 2.35. The number of hydrogen-bond donors (Lipinski definition) is 2. The van der Waals surface area contributed by atoms with E-state index in [-0.39, 0.29) is 27.3 Å². The van der Waals surface area contributed by atoms with Gasteiger partial charge in [-0.15, -0.1) is 0 Å². The first-order valence-electron chi connectivity index (χ1n) is 7.33. The van der Waals surface area contributed by atoms with E-state index in [2.05, 4.69) is 0 Å². The van der Waals surface area contributed by atoms with Crippen molar-refractivity contribution in [2.24, 2.45) is 5.92 Å². The average molecular weight is 385 g/mol. The van der Waals surface area contributed by atoms with E-state index >= 15 is 0 Å². The van der Waals surface area contributed by atoms with Crippen LogP contribution in [0.4, 0.5) is 13.2 Å². The molecular formula is C15H17Cl2F3N2O2. The molecule has 1 aliphatic heterocycles. The Kier molecular flexibility index (Phi) is 5.88. The highest BCUT2D eigenvalue weighted by molar-refractivity contribution is 6.42. The van der Waals surface area contributed by atoms with Crippen molar-refractivity contribution in [3.63, 3.8) is 0 Å². The molecule has 134 valence electrons. The van der Waals surface area contributed by atoms with Gasteiger partial charge >= 0.3 is 12.1 Å². The van der Waals surface area contributed by atoms with Gasteiger partial charge in [0, 0.05) is 11.6 Å². The van der Waals surface area contributed by atoms with Crippen LogP contribution in [0.15, 0.2) is 12.1 Å². The minimum atomic E-state index is -5.00. The van der Waals surface area contributed by atoms with Crippen LogP contribution in [0, 0.1) is 5.92 Å². The van der Waals surface area contributed by atoms with Crippen molar-refractivity contribution in [1.82, 2.24) is 10.2 Å². The van der Waals surface area contributed by atoms with E-state index in [1.807, 2.05) is 17.3 Å². The summed E-state index contributed by atoms with van der Waals surface area (Å²) in [6.45, 7) is 1.37. The van der Waals surface area contributed by atoms with Crippen LogP contribution in [0.2, 0.25) is 10.0 Å². The van der Waals surface area contributed by atoms with Crippen LogP contribution in [0.1, 0.15) is 24.4 Å². The molecule has 0 radical (unpaired) electrons. The molecule has 0 bridgehead atoms. The number of phenolic OH excluding ortho intramolecular Hbond substituents is 1. The fourth-order valence-corrected chi connectivity index (χ4v) is 3.17. The summed E-state index contributed by atoms with van der Waals surface area (Å²) in [6, 6.07) is 1.47. The van der Waals surface area contributed by atoms with Gasteiger partial charge in [-0.3, -0.25) is 4.79 Å². The van der Waals surface area contributed by atoms with Crippen LogP contribution < -0.4 is 5.32 Å². The van der Waals surface area contributed by atoms with Gasteiger partial charge in [0.1, 0.15) is 5.75 Å². The van der Waals surface area contributed by atoms with Crippen molar-refractivity contribution in [3.05, 3.63) is 27.7 Å². The second kappa shape index (κ2) is 7.37. The van der Waals surface area contributed by atoms with Crippen LogP contribution in [0.5, 0.6) is 5.75 Å².